The zero-order chi connectivity index (χ0) is 33.0. The molecule has 6 bridgehead atoms. The van der Waals surface area contributed by atoms with Crippen molar-refractivity contribution in [3.8, 4) is 0 Å². The highest BCUT2D eigenvalue weighted by Crippen LogP contribution is 2.70. The number of carboxylic acid groups (broad SMARTS) is 1. The molecule has 1 heterocycles. The second kappa shape index (κ2) is 11.3. The van der Waals surface area contributed by atoms with E-state index in [1.54, 1.807) is 0 Å². The van der Waals surface area contributed by atoms with Gasteiger partial charge in [0.15, 0.2) is 0 Å². The summed E-state index contributed by atoms with van der Waals surface area (Å²) in [7, 11) is 0. The number of hydrogen-bond acceptors (Lipinski definition) is 9. The highest BCUT2D eigenvalue weighted by atomic mass is 16.6. The number of aliphatic carboxylic acids is 1. The highest BCUT2D eigenvalue weighted by molar-refractivity contribution is 5.97. The molecule has 7 rings (SSSR count). The molecule has 6 aliphatic carbocycles. The summed E-state index contributed by atoms with van der Waals surface area (Å²) < 4.78 is 16.6. The van der Waals surface area contributed by atoms with Crippen LogP contribution in [-0.2, 0) is 38.2 Å². The molecule has 0 amide bonds. The lowest BCUT2D eigenvalue weighted by atomic mass is 9.55. The number of ether oxygens (including phenoxy) is 3. The second-order valence-electron chi connectivity index (χ2n) is 17.1. The zero-order valence-corrected chi connectivity index (χ0v) is 27.6. The number of cyclic esters (lactones) is 2. The first kappa shape index (κ1) is 32.1. The summed E-state index contributed by atoms with van der Waals surface area (Å²) >= 11 is 0. The molecule has 10 nitrogen and oxygen atoms in total. The summed E-state index contributed by atoms with van der Waals surface area (Å²) in [4.78, 5) is 66.3. The lowest BCUT2D eigenvalue weighted by molar-refractivity contribution is -0.163. The van der Waals surface area contributed by atoms with Crippen LogP contribution >= 0.6 is 0 Å². The molecule has 7 aliphatic rings. The van der Waals surface area contributed by atoms with Crippen LogP contribution in [0.25, 0.3) is 0 Å². The molecule has 0 aromatic heterocycles. The third-order valence-electron chi connectivity index (χ3n) is 14.2. The smallest absolute Gasteiger partial charge is 0.317 e. The van der Waals surface area contributed by atoms with Gasteiger partial charge in [-0.1, -0.05) is 13.8 Å². The molecular weight excluding hydrogens is 592 g/mol. The minimum absolute atomic E-state index is 0.00856. The summed E-state index contributed by atoms with van der Waals surface area (Å²) in [6.45, 7) is 9.66. The number of aliphatic hydroxyl groups excluding tert-OH is 1. The van der Waals surface area contributed by atoms with Crippen molar-refractivity contribution in [2.75, 3.05) is 13.2 Å². The van der Waals surface area contributed by atoms with Crippen LogP contribution in [-0.4, -0.2) is 58.9 Å². The van der Waals surface area contributed by atoms with Crippen molar-refractivity contribution in [3.63, 3.8) is 0 Å². The molecule has 0 aromatic carbocycles. The van der Waals surface area contributed by atoms with Gasteiger partial charge in [-0.2, -0.15) is 0 Å². The molecule has 254 valence electrons. The van der Waals surface area contributed by atoms with Gasteiger partial charge < -0.3 is 24.4 Å². The maximum absolute atomic E-state index is 13.8. The lowest BCUT2D eigenvalue weighted by Gasteiger charge is -2.47. The van der Waals surface area contributed by atoms with Crippen molar-refractivity contribution in [2.45, 2.75) is 78.7 Å². The van der Waals surface area contributed by atoms with E-state index in [2.05, 4.69) is 13.8 Å². The van der Waals surface area contributed by atoms with Crippen LogP contribution in [0.1, 0.15) is 73.1 Å². The molecule has 17 unspecified atom stereocenters. The minimum atomic E-state index is -0.786. The Balaban J connectivity index is 1.20. The maximum atomic E-state index is 13.8. The molecule has 10 heteroatoms. The van der Waals surface area contributed by atoms with E-state index in [9.17, 15) is 34.2 Å². The molecule has 0 radical (unpaired) electrons. The maximum Gasteiger partial charge on any atom is 0.317 e. The molecule has 0 spiro atoms. The Bertz CT molecular complexity index is 1300. The van der Waals surface area contributed by atoms with Crippen LogP contribution < -0.4 is 0 Å². The van der Waals surface area contributed by atoms with E-state index in [4.69, 9.17) is 14.2 Å². The SMILES string of the molecule is CC1C2CC(C(=O)OCCO)C(C2)C1C1C(=O)OC(=O)C1C1C2CC(C(=O)O)C(C2)C1C1C2CC(C(=O)OC(C)(C)C)C(C2)C1C. The molecular formula is C36H50O10. The Morgan fingerprint density at radius 2 is 1.26 bits per heavy atom. The highest BCUT2D eigenvalue weighted by Gasteiger charge is 2.70. The molecule has 1 aliphatic heterocycles. The number of aliphatic hydroxyl groups is 1. The molecule has 2 N–H and O–H groups in total. The van der Waals surface area contributed by atoms with Gasteiger partial charge in [0.25, 0.3) is 0 Å². The summed E-state index contributed by atoms with van der Waals surface area (Å²) in [6, 6.07) is 0. The Morgan fingerprint density at radius 1 is 0.717 bits per heavy atom. The van der Waals surface area contributed by atoms with Gasteiger partial charge in [0, 0.05) is 0 Å². The number of carboxylic acids is 1. The van der Waals surface area contributed by atoms with E-state index < -0.39 is 41.3 Å². The number of fused-ring (bicyclic) bond motifs is 6. The van der Waals surface area contributed by atoms with Crippen molar-refractivity contribution in [1.29, 1.82) is 0 Å². The normalized spacial score (nSPS) is 48.7. The van der Waals surface area contributed by atoms with Crippen molar-refractivity contribution in [2.24, 2.45) is 101 Å². The van der Waals surface area contributed by atoms with E-state index in [0.29, 0.717) is 19.3 Å². The standard InChI is InChI=1S/C36H50O10/c1-14-16-8-21(24(9-16)32(40)44-7-6-37)26(14)29-30(35(43)45-34(29)42)27-18-11-20(22(12-18)31(38)39)28(27)25-15(2)19-10-17(25)13-23(19)33(41)46-36(3,4)5/h14-30,37H,6-13H2,1-5H3,(H,38,39). The number of carbonyl (C=O) groups is 5. The quantitative estimate of drug-likeness (QED) is 0.226. The van der Waals surface area contributed by atoms with E-state index in [-0.39, 0.29) is 108 Å². The van der Waals surface area contributed by atoms with Crippen LogP contribution in [0.2, 0.25) is 0 Å². The third kappa shape index (κ3) is 4.85. The van der Waals surface area contributed by atoms with Gasteiger partial charge in [0.2, 0.25) is 0 Å². The lowest BCUT2D eigenvalue weighted by Crippen LogP contribution is -2.48. The Morgan fingerprint density at radius 3 is 1.87 bits per heavy atom. The van der Waals surface area contributed by atoms with Gasteiger partial charge in [-0.15, -0.1) is 0 Å². The summed E-state index contributed by atoms with van der Waals surface area (Å²) in [6.07, 6.45) is 4.33. The second-order valence-corrected chi connectivity index (χ2v) is 17.1. The third-order valence-corrected chi connectivity index (χ3v) is 14.2. The molecule has 46 heavy (non-hydrogen) atoms. The minimum Gasteiger partial charge on any atom is -0.481 e. The fraction of sp³-hybridized carbons (Fsp3) is 0.861. The predicted molar refractivity (Wildman–Crippen MR) is 161 cm³/mol. The average molecular weight is 643 g/mol. The number of esters is 4. The van der Waals surface area contributed by atoms with E-state index in [0.717, 1.165) is 19.3 Å². The van der Waals surface area contributed by atoms with E-state index in [1.165, 1.54) is 0 Å². The summed E-state index contributed by atoms with van der Waals surface area (Å²) in [5.74, 6) is -4.09. The van der Waals surface area contributed by atoms with Gasteiger partial charge >= 0.3 is 29.8 Å². The molecule has 17 atom stereocenters. The van der Waals surface area contributed by atoms with Gasteiger partial charge in [-0.3, -0.25) is 24.0 Å². The summed E-state index contributed by atoms with van der Waals surface area (Å²) in [5, 5.41) is 19.5. The monoisotopic (exact) mass is 642 g/mol. The Labute approximate surface area is 270 Å². The van der Waals surface area contributed by atoms with Crippen LogP contribution in [0.3, 0.4) is 0 Å². The van der Waals surface area contributed by atoms with Gasteiger partial charge in [-0.25, -0.2) is 0 Å². The zero-order valence-electron chi connectivity index (χ0n) is 27.6. The average Bonchev–Trinajstić information content (AvgIpc) is 3.82. The van der Waals surface area contributed by atoms with Crippen LogP contribution in [0, 0.1) is 101 Å². The van der Waals surface area contributed by atoms with Crippen LogP contribution in [0.5, 0.6) is 0 Å². The van der Waals surface area contributed by atoms with Gasteiger partial charge in [0.05, 0.1) is 36.2 Å². The fourth-order valence-electron chi connectivity index (χ4n) is 13.0. The number of carbonyl (C=O) groups excluding carboxylic acids is 4. The number of hydrogen-bond donors (Lipinski definition) is 2. The summed E-state index contributed by atoms with van der Waals surface area (Å²) in [5.41, 5.74) is -0.568. The largest absolute Gasteiger partial charge is 0.481 e. The predicted octanol–water partition coefficient (Wildman–Crippen LogP) is 3.97. The fourth-order valence-corrected chi connectivity index (χ4v) is 13.0. The van der Waals surface area contributed by atoms with Gasteiger partial charge in [-0.05, 0) is 130 Å². The molecule has 6 saturated carbocycles. The van der Waals surface area contributed by atoms with Crippen molar-refractivity contribution in [3.05, 3.63) is 0 Å². The molecule has 0 aromatic rings. The van der Waals surface area contributed by atoms with Crippen LogP contribution in [0.15, 0.2) is 0 Å². The molecule has 7 fully saturated rings. The van der Waals surface area contributed by atoms with Crippen molar-refractivity contribution in [1.82, 2.24) is 0 Å². The van der Waals surface area contributed by atoms with Crippen LogP contribution in [0.4, 0.5) is 0 Å². The Kier molecular flexibility index (Phi) is 7.88. The Hall–Kier alpha value is -2.49. The van der Waals surface area contributed by atoms with Crippen molar-refractivity contribution < 1.29 is 48.4 Å². The first-order valence-corrected chi connectivity index (χ1v) is 17.7. The van der Waals surface area contributed by atoms with Crippen molar-refractivity contribution >= 4 is 29.8 Å². The van der Waals surface area contributed by atoms with Gasteiger partial charge in [0.1, 0.15) is 12.2 Å². The first-order valence-electron chi connectivity index (χ1n) is 17.7. The first-order chi connectivity index (χ1) is 21.7. The van der Waals surface area contributed by atoms with E-state index in [1.807, 2.05) is 20.8 Å². The molecule has 1 saturated heterocycles. The topological polar surface area (TPSA) is 154 Å². The van der Waals surface area contributed by atoms with E-state index >= 15 is 0 Å². The number of rotatable bonds is 8.